The van der Waals surface area contributed by atoms with E-state index in [9.17, 15) is 0 Å². The minimum atomic E-state index is 0.670. The monoisotopic (exact) mass is 253 g/mol. The molecule has 0 unspecified atom stereocenters. The van der Waals surface area contributed by atoms with Gasteiger partial charge in [-0.05, 0) is 25.1 Å². The summed E-state index contributed by atoms with van der Waals surface area (Å²) in [5, 5.41) is 4.93. The van der Waals surface area contributed by atoms with Gasteiger partial charge < -0.3 is 11.1 Å². The summed E-state index contributed by atoms with van der Waals surface area (Å²) in [7, 11) is 0. The maximum atomic E-state index is 5.89. The molecule has 0 aliphatic carbocycles. The molecule has 0 aliphatic heterocycles. The van der Waals surface area contributed by atoms with Crippen molar-refractivity contribution < 1.29 is 0 Å². The van der Waals surface area contributed by atoms with Crippen molar-refractivity contribution >= 4 is 34.3 Å². The van der Waals surface area contributed by atoms with Crippen LogP contribution in [0.1, 0.15) is 9.88 Å². The van der Waals surface area contributed by atoms with Crippen LogP contribution in [-0.4, -0.2) is 4.98 Å². The lowest BCUT2D eigenvalue weighted by Crippen LogP contribution is -2.01. The normalized spacial score (nSPS) is 10.4. The van der Waals surface area contributed by atoms with Gasteiger partial charge in [0.15, 0.2) is 0 Å². The van der Waals surface area contributed by atoms with Crippen LogP contribution in [0.5, 0.6) is 0 Å². The Hall–Kier alpha value is -1.26. The average molecular weight is 254 g/mol. The third-order valence-electron chi connectivity index (χ3n) is 2.11. The van der Waals surface area contributed by atoms with Gasteiger partial charge in [0.2, 0.25) is 0 Å². The van der Waals surface area contributed by atoms with Crippen molar-refractivity contribution in [2.75, 3.05) is 11.1 Å². The van der Waals surface area contributed by atoms with Gasteiger partial charge in [0.1, 0.15) is 5.01 Å². The molecule has 0 saturated heterocycles. The number of rotatable bonds is 3. The third kappa shape index (κ3) is 2.65. The fraction of sp³-hybridized carbons (Fsp3) is 0.182. The van der Waals surface area contributed by atoms with Crippen LogP contribution in [0.15, 0.2) is 24.4 Å². The molecule has 0 saturated carbocycles. The van der Waals surface area contributed by atoms with Crippen LogP contribution in [0, 0.1) is 6.92 Å². The van der Waals surface area contributed by atoms with E-state index in [0.717, 1.165) is 10.7 Å². The molecule has 3 N–H and O–H groups in total. The van der Waals surface area contributed by atoms with Gasteiger partial charge in [-0.1, -0.05) is 11.6 Å². The highest BCUT2D eigenvalue weighted by atomic mass is 35.5. The van der Waals surface area contributed by atoms with Gasteiger partial charge in [0.25, 0.3) is 0 Å². The second-order valence-corrected chi connectivity index (χ2v) is 5.21. The Balaban J connectivity index is 2.07. The first kappa shape index (κ1) is 11.2. The molecule has 0 fully saturated rings. The molecule has 1 heterocycles. The van der Waals surface area contributed by atoms with E-state index >= 15 is 0 Å². The predicted octanol–water partition coefficient (Wildman–Crippen LogP) is 3.30. The molecule has 5 heteroatoms. The van der Waals surface area contributed by atoms with Crippen molar-refractivity contribution in [3.63, 3.8) is 0 Å². The number of hydrogen-bond acceptors (Lipinski definition) is 4. The summed E-state index contributed by atoms with van der Waals surface area (Å²) < 4.78 is 0. The number of nitrogens with zero attached hydrogens (tertiary/aromatic N) is 1. The summed E-state index contributed by atoms with van der Waals surface area (Å²) in [6, 6.07) is 5.38. The van der Waals surface area contributed by atoms with Crippen molar-refractivity contribution in [1.29, 1.82) is 0 Å². The molecule has 16 heavy (non-hydrogen) atoms. The molecule has 2 aromatic rings. The molecule has 1 aromatic heterocycles. The van der Waals surface area contributed by atoms with Crippen molar-refractivity contribution in [1.82, 2.24) is 4.98 Å². The fourth-order valence-electron chi connectivity index (χ4n) is 1.34. The molecule has 84 valence electrons. The first-order valence-corrected chi connectivity index (χ1v) is 6.05. The van der Waals surface area contributed by atoms with Crippen LogP contribution in [-0.2, 0) is 6.54 Å². The molecule has 3 nitrogen and oxygen atoms in total. The SMILES string of the molecule is Cc1cnc(CNc2cc(Cl)ccc2N)s1. The Morgan fingerprint density at radius 3 is 3.00 bits per heavy atom. The standard InChI is InChI=1S/C11H12ClN3S/c1-7-5-15-11(16-7)6-14-10-4-8(12)2-3-9(10)13/h2-5,14H,6,13H2,1H3. The zero-order valence-corrected chi connectivity index (χ0v) is 10.4. The van der Waals surface area contributed by atoms with E-state index < -0.39 is 0 Å². The molecule has 2 rings (SSSR count). The van der Waals surface area contributed by atoms with Crippen molar-refractivity contribution in [2.45, 2.75) is 13.5 Å². The zero-order valence-electron chi connectivity index (χ0n) is 8.83. The number of aromatic nitrogens is 1. The Morgan fingerprint density at radius 2 is 2.31 bits per heavy atom. The second kappa shape index (κ2) is 4.72. The maximum Gasteiger partial charge on any atom is 0.112 e. The molecule has 0 spiro atoms. The number of aryl methyl sites for hydroxylation is 1. The summed E-state index contributed by atoms with van der Waals surface area (Å²) in [5.41, 5.74) is 7.36. The summed E-state index contributed by atoms with van der Waals surface area (Å²) in [5.74, 6) is 0. The number of halogens is 1. The number of nitrogens with one attached hydrogen (secondary N) is 1. The molecule has 1 aromatic carbocycles. The van der Waals surface area contributed by atoms with E-state index in [0.29, 0.717) is 17.3 Å². The van der Waals surface area contributed by atoms with Gasteiger partial charge in [0, 0.05) is 16.1 Å². The van der Waals surface area contributed by atoms with E-state index in [1.165, 1.54) is 4.88 Å². The number of nitrogens with two attached hydrogens (primary N) is 1. The summed E-state index contributed by atoms with van der Waals surface area (Å²) >= 11 is 7.56. The first-order chi connectivity index (χ1) is 7.65. The Morgan fingerprint density at radius 1 is 1.50 bits per heavy atom. The Bertz CT molecular complexity index is 496. The minimum Gasteiger partial charge on any atom is -0.397 e. The smallest absolute Gasteiger partial charge is 0.112 e. The minimum absolute atomic E-state index is 0.670. The predicted molar refractivity (Wildman–Crippen MR) is 70.0 cm³/mol. The van der Waals surface area contributed by atoms with E-state index in [1.54, 1.807) is 23.5 Å². The topological polar surface area (TPSA) is 50.9 Å². The highest BCUT2D eigenvalue weighted by Gasteiger charge is 2.02. The van der Waals surface area contributed by atoms with Crippen molar-refractivity contribution in [3.8, 4) is 0 Å². The maximum absolute atomic E-state index is 5.89. The van der Waals surface area contributed by atoms with Gasteiger partial charge in [-0.25, -0.2) is 4.98 Å². The van der Waals surface area contributed by atoms with Crippen LogP contribution < -0.4 is 11.1 Å². The van der Waals surface area contributed by atoms with E-state index in [-0.39, 0.29) is 0 Å². The van der Waals surface area contributed by atoms with Gasteiger partial charge in [-0.15, -0.1) is 11.3 Å². The van der Waals surface area contributed by atoms with Gasteiger partial charge in [0.05, 0.1) is 17.9 Å². The van der Waals surface area contributed by atoms with Crippen LogP contribution in [0.3, 0.4) is 0 Å². The Labute approximate surface area is 103 Å². The third-order valence-corrected chi connectivity index (χ3v) is 3.26. The summed E-state index contributed by atoms with van der Waals surface area (Å²) in [6.07, 6.45) is 1.86. The number of thiazole rings is 1. The number of anilines is 2. The van der Waals surface area contributed by atoms with E-state index in [4.69, 9.17) is 17.3 Å². The summed E-state index contributed by atoms with van der Waals surface area (Å²) in [6.45, 7) is 2.71. The molecule has 0 aliphatic rings. The van der Waals surface area contributed by atoms with Crippen LogP contribution in [0.4, 0.5) is 11.4 Å². The molecular formula is C11H12ClN3S. The lowest BCUT2D eigenvalue weighted by atomic mass is 10.2. The lowest BCUT2D eigenvalue weighted by molar-refractivity contribution is 1.10. The molecule has 0 atom stereocenters. The van der Waals surface area contributed by atoms with E-state index in [2.05, 4.69) is 10.3 Å². The quantitative estimate of drug-likeness (QED) is 0.826. The zero-order chi connectivity index (χ0) is 11.5. The Kier molecular flexibility index (Phi) is 3.31. The first-order valence-electron chi connectivity index (χ1n) is 4.85. The van der Waals surface area contributed by atoms with Crippen molar-refractivity contribution in [3.05, 3.63) is 39.3 Å². The van der Waals surface area contributed by atoms with Gasteiger partial charge >= 0.3 is 0 Å². The van der Waals surface area contributed by atoms with Gasteiger partial charge in [-0.2, -0.15) is 0 Å². The van der Waals surface area contributed by atoms with E-state index in [1.807, 2.05) is 19.2 Å². The number of benzene rings is 1. The molecule has 0 bridgehead atoms. The highest BCUT2D eigenvalue weighted by Crippen LogP contribution is 2.23. The molecular weight excluding hydrogens is 242 g/mol. The largest absolute Gasteiger partial charge is 0.397 e. The van der Waals surface area contributed by atoms with Crippen molar-refractivity contribution in [2.24, 2.45) is 0 Å². The average Bonchev–Trinajstić information content (AvgIpc) is 2.66. The molecule has 0 radical (unpaired) electrons. The number of nitrogen functional groups attached to an aromatic ring is 1. The van der Waals surface area contributed by atoms with Crippen LogP contribution in [0.25, 0.3) is 0 Å². The summed E-state index contributed by atoms with van der Waals surface area (Å²) in [4.78, 5) is 5.47. The fourth-order valence-corrected chi connectivity index (χ4v) is 2.23. The van der Waals surface area contributed by atoms with Crippen LogP contribution in [0.2, 0.25) is 5.02 Å². The van der Waals surface area contributed by atoms with Gasteiger partial charge in [-0.3, -0.25) is 0 Å². The lowest BCUT2D eigenvalue weighted by Gasteiger charge is -2.07. The number of hydrogen-bond donors (Lipinski definition) is 2. The van der Waals surface area contributed by atoms with Crippen LogP contribution >= 0.6 is 22.9 Å². The highest BCUT2D eigenvalue weighted by molar-refractivity contribution is 7.11. The second-order valence-electron chi connectivity index (χ2n) is 3.45. The molecule has 0 amide bonds.